The van der Waals surface area contributed by atoms with Crippen LogP contribution in [0, 0.1) is 27.7 Å². The molecule has 0 saturated carbocycles. The van der Waals surface area contributed by atoms with E-state index in [1.807, 2.05) is 44.2 Å². The van der Waals surface area contributed by atoms with E-state index in [0.717, 1.165) is 26.7 Å². The Bertz CT molecular complexity index is 963. The SMILES string of the molecule is Cc1ccc(OCC(=O)NCc2sc(-c3ccccc3C)nc2C)cc1C. The molecule has 140 valence electrons. The van der Waals surface area contributed by atoms with E-state index in [0.29, 0.717) is 12.3 Å². The van der Waals surface area contributed by atoms with Gasteiger partial charge in [0.2, 0.25) is 0 Å². The predicted octanol–water partition coefficient (Wildman–Crippen LogP) is 4.74. The van der Waals surface area contributed by atoms with Crippen LogP contribution in [0.15, 0.2) is 42.5 Å². The van der Waals surface area contributed by atoms with Crippen LogP contribution < -0.4 is 10.1 Å². The zero-order chi connectivity index (χ0) is 19.4. The molecule has 1 heterocycles. The van der Waals surface area contributed by atoms with E-state index < -0.39 is 0 Å². The number of ether oxygens (including phenoxy) is 1. The van der Waals surface area contributed by atoms with Crippen molar-refractivity contribution in [3.05, 3.63) is 69.7 Å². The minimum atomic E-state index is -0.140. The van der Waals surface area contributed by atoms with Gasteiger partial charge in [-0.1, -0.05) is 30.3 Å². The lowest BCUT2D eigenvalue weighted by Crippen LogP contribution is -2.28. The van der Waals surface area contributed by atoms with Gasteiger partial charge >= 0.3 is 0 Å². The largest absolute Gasteiger partial charge is 0.484 e. The third-order valence-electron chi connectivity index (χ3n) is 4.56. The molecule has 0 aliphatic rings. The van der Waals surface area contributed by atoms with Gasteiger partial charge < -0.3 is 10.1 Å². The third kappa shape index (κ3) is 4.74. The molecule has 5 heteroatoms. The van der Waals surface area contributed by atoms with E-state index in [1.165, 1.54) is 11.1 Å². The van der Waals surface area contributed by atoms with Crippen molar-refractivity contribution in [2.45, 2.75) is 34.2 Å². The summed E-state index contributed by atoms with van der Waals surface area (Å²) in [6, 6.07) is 14.0. The van der Waals surface area contributed by atoms with E-state index in [1.54, 1.807) is 11.3 Å². The van der Waals surface area contributed by atoms with Gasteiger partial charge in [-0.05, 0) is 56.5 Å². The van der Waals surface area contributed by atoms with Crippen molar-refractivity contribution in [1.82, 2.24) is 10.3 Å². The maximum Gasteiger partial charge on any atom is 0.258 e. The molecular formula is C22H24N2O2S. The monoisotopic (exact) mass is 380 g/mol. The quantitative estimate of drug-likeness (QED) is 0.672. The van der Waals surface area contributed by atoms with Crippen LogP contribution in [0.1, 0.15) is 27.3 Å². The topological polar surface area (TPSA) is 51.2 Å². The Morgan fingerprint density at radius 2 is 1.81 bits per heavy atom. The highest BCUT2D eigenvalue weighted by molar-refractivity contribution is 7.15. The molecule has 0 radical (unpaired) electrons. The first-order valence-electron chi connectivity index (χ1n) is 8.93. The summed E-state index contributed by atoms with van der Waals surface area (Å²) in [7, 11) is 0. The highest BCUT2D eigenvalue weighted by Crippen LogP contribution is 2.30. The number of carbonyl (C=O) groups excluding carboxylic acids is 1. The van der Waals surface area contributed by atoms with Crippen LogP contribution in [0.3, 0.4) is 0 Å². The Morgan fingerprint density at radius 1 is 1.04 bits per heavy atom. The summed E-state index contributed by atoms with van der Waals surface area (Å²) in [6.45, 7) is 8.60. The van der Waals surface area contributed by atoms with E-state index >= 15 is 0 Å². The van der Waals surface area contributed by atoms with Gasteiger partial charge in [0.05, 0.1) is 12.2 Å². The van der Waals surface area contributed by atoms with Gasteiger partial charge in [-0.25, -0.2) is 4.98 Å². The van der Waals surface area contributed by atoms with Crippen LogP contribution in [0.5, 0.6) is 5.75 Å². The molecule has 27 heavy (non-hydrogen) atoms. The fourth-order valence-corrected chi connectivity index (χ4v) is 3.80. The van der Waals surface area contributed by atoms with Crippen LogP contribution in [-0.4, -0.2) is 17.5 Å². The number of nitrogens with zero attached hydrogens (tertiary/aromatic N) is 1. The molecule has 1 amide bonds. The van der Waals surface area contributed by atoms with Crippen LogP contribution >= 0.6 is 11.3 Å². The molecule has 0 atom stereocenters. The molecule has 0 aliphatic heterocycles. The van der Waals surface area contributed by atoms with Crippen molar-refractivity contribution in [3.8, 4) is 16.3 Å². The lowest BCUT2D eigenvalue weighted by atomic mass is 10.1. The number of aryl methyl sites for hydroxylation is 4. The first-order chi connectivity index (χ1) is 12.9. The molecule has 0 spiro atoms. The highest BCUT2D eigenvalue weighted by atomic mass is 32.1. The minimum Gasteiger partial charge on any atom is -0.484 e. The standard InChI is InChI=1S/C22H24N2O2S/c1-14-9-10-18(11-16(14)3)26-13-21(25)23-12-20-17(4)24-22(27-20)19-8-6-5-7-15(19)2/h5-11H,12-13H2,1-4H3,(H,23,25). The Morgan fingerprint density at radius 3 is 2.56 bits per heavy atom. The highest BCUT2D eigenvalue weighted by Gasteiger charge is 2.12. The molecule has 0 aliphatic carbocycles. The number of carbonyl (C=O) groups is 1. The molecule has 0 bridgehead atoms. The number of aromatic nitrogens is 1. The summed E-state index contributed by atoms with van der Waals surface area (Å²) >= 11 is 1.62. The van der Waals surface area contributed by atoms with Crippen molar-refractivity contribution < 1.29 is 9.53 Å². The maximum absolute atomic E-state index is 12.1. The molecule has 3 aromatic rings. The molecule has 4 nitrogen and oxygen atoms in total. The molecule has 1 aromatic heterocycles. The third-order valence-corrected chi connectivity index (χ3v) is 5.75. The van der Waals surface area contributed by atoms with Gasteiger partial charge in [-0.15, -0.1) is 11.3 Å². The number of hydrogen-bond acceptors (Lipinski definition) is 4. The molecular weight excluding hydrogens is 356 g/mol. The summed E-state index contributed by atoms with van der Waals surface area (Å²) in [4.78, 5) is 17.9. The number of thiazole rings is 1. The van der Waals surface area contributed by atoms with Gasteiger partial charge in [0, 0.05) is 10.4 Å². The lowest BCUT2D eigenvalue weighted by molar-refractivity contribution is -0.123. The summed E-state index contributed by atoms with van der Waals surface area (Å²) in [5, 5.41) is 3.91. The lowest BCUT2D eigenvalue weighted by Gasteiger charge is -2.08. The van der Waals surface area contributed by atoms with E-state index in [2.05, 4.69) is 36.3 Å². The fourth-order valence-electron chi connectivity index (χ4n) is 2.70. The Labute approximate surface area is 164 Å². The molecule has 2 aromatic carbocycles. The fraction of sp³-hybridized carbons (Fsp3) is 0.273. The summed E-state index contributed by atoms with van der Waals surface area (Å²) in [6.07, 6.45) is 0. The van der Waals surface area contributed by atoms with Crippen LogP contribution in [0.25, 0.3) is 10.6 Å². The molecule has 0 unspecified atom stereocenters. The Balaban J connectivity index is 1.57. The number of hydrogen-bond donors (Lipinski definition) is 1. The molecule has 3 rings (SSSR count). The van der Waals surface area contributed by atoms with Crippen LogP contribution in [-0.2, 0) is 11.3 Å². The number of nitrogens with one attached hydrogen (secondary N) is 1. The number of rotatable bonds is 6. The van der Waals surface area contributed by atoms with Crippen molar-refractivity contribution >= 4 is 17.2 Å². The molecule has 1 N–H and O–H groups in total. The summed E-state index contributed by atoms with van der Waals surface area (Å²) in [5.41, 5.74) is 5.65. The van der Waals surface area contributed by atoms with Crippen molar-refractivity contribution in [2.75, 3.05) is 6.61 Å². The average Bonchev–Trinajstić information content (AvgIpc) is 3.02. The normalized spacial score (nSPS) is 10.7. The summed E-state index contributed by atoms with van der Waals surface area (Å²) < 4.78 is 5.59. The Kier molecular flexibility index (Phi) is 5.91. The van der Waals surface area contributed by atoms with Crippen molar-refractivity contribution in [3.63, 3.8) is 0 Å². The van der Waals surface area contributed by atoms with E-state index in [9.17, 15) is 4.79 Å². The molecule has 0 fully saturated rings. The average molecular weight is 381 g/mol. The zero-order valence-electron chi connectivity index (χ0n) is 16.1. The van der Waals surface area contributed by atoms with Gasteiger partial charge in [0.15, 0.2) is 6.61 Å². The maximum atomic E-state index is 12.1. The first kappa shape index (κ1) is 19.1. The zero-order valence-corrected chi connectivity index (χ0v) is 16.9. The van der Waals surface area contributed by atoms with E-state index in [-0.39, 0.29) is 12.5 Å². The van der Waals surface area contributed by atoms with Gasteiger partial charge in [-0.3, -0.25) is 4.79 Å². The smallest absolute Gasteiger partial charge is 0.258 e. The van der Waals surface area contributed by atoms with Crippen LogP contribution in [0.2, 0.25) is 0 Å². The Hall–Kier alpha value is -2.66. The van der Waals surface area contributed by atoms with Crippen LogP contribution in [0.4, 0.5) is 0 Å². The summed E-state index contributed by atoms with van der Waals surface area (Å²) in [5.74, 6) is 0.572. The minimum absolute atomic E-state index is 0.00496. The number of benzene rings is 2. The second kappa shape index (κ2) is 8.35. The number of amides is 1. The van der Waals surface area contributed by atoms with E-state index in [4.69, 9.17) is 4.74 Å². The van der Waals surface area contributed by atoms with Crippen molar-refractivity contribution in [1.29, 1.82) is 0 Å². The van der Waals surface area contributed by atoms with Gasteiger partial charge in [0.1, 0.15) is 10.8 Å². The predicted molar refractivity (Wildman–Crippen MR) is 110 cm³/mol. The molecule has 0 saturated heterocycles. The first-order valence-corrected chi connectivity index (χ1v) is 9.74. The van der Waals surface area contributed by atoms with Gasteiger partial charge in [-0.2, -0.15) is 0 Å². The van der Waals surface area contributed by atoms with Crippen molar-refractivity contribution in [2.24, 2.45) is 0 Å². The second-order valence-corrected chi connectivity index (χ2v) is 7.74. The second-order valence-electron chi connectivity index (χ2n) is 6.65. The van der Waals surface area contributed by atoms with Gasteiger partial charge in [0.25, 0.3) is 5.91 Å².